The largest absolute Gasteiger partial charge is 0.387 e. The lowest BCUT2D eigenvalue weighted by atomic mass is 10.1. The molecule has 0 aliphatic carbocycles. The van der Waals surface area contributed by atoms with E-state index in [1.807, 2.05) is 42.6 Å². The van der Waals surface area contributed by atoms with Crippen molar-refractivity contribution in [3.05, 3.63) is 57.3 Å². The van der Waals surface area contributed by atoms with Crippen LogP contribution in [0.1, 0.15) is 32.5 Å². The molecule has 0 spiro atoms. The average Bonchev–Trinajstić information content (AvgIpc) is 2.94. The van der Waals surface area contributed by atoms with E-state index in [2.05, 4.69) is 5.32 Å². The summed E-state index contributed by atoms with van der Waals surface area (Å²) in [5.74, 6) is -0.178. The van der Waals surface area contributed by atoms with Crippen molar-refractivity contribution in [2.75, 3.05) is 13.7 Å². The normalized spacial score (nSPS) is 12.1. The highest BCUT2D eigenvalue weighted by molar-refractivity contribution is 7.12. The maximum Gasteiger partial charge on any atom is 0.261 e. The summed E-state index contributed by atoms with van der Waals surface area (Å²) >= 11 is 1.37. The second-order valence-corrected chi connectivity index (χ2v) is 5.76. The number of carbonyl (C=O) groups is 1. The Balaban J connectivity index is 1.94. The summed E-state index contributed by atoms with van der Waals surface area (Å²) in [7, 11) is 1.60. The van der Waals surface area contributed by atoms with Gasteiger partial charge in [0.1, 0.15) is 0 Å². The predicted octanol–water partition coefficient (Wildman–Crippen LogP) is 2.67. The second kappa shape index (κ2) is 7.36. The number of hydrogen-bond donors (Lipinski definition) is 2. The molecule has 1 aromatic carbocycles. The van der Waals surface area contributed by atoms with Crippen molar-refractivity contribution in [3.63, 3.8) is 0 Å². The molecule has 4 nitrogen and oxygen atoms in total. The van der Waals surface area contributed by atoms with E-state index in [4.69, 9.17) is 4.74 Å². The van der Waals surface area contributed by atoms with Crippen LogP contribution in [0.3, 0.4) is 0 Å². The van der Waals surface area contributed by atoms with Crippen LogP contribution < -0.4 is 5.32 Å². The molecule has 2 rings (SSSR count). The Labute approximate surface area is 128 Å². The lowest BCUT2D eigenvalue weighted by Gasteiger charge is -2.12. The molecule has 0 saturated heterocycles. The van der Waals surface area contributed by atoms with Crippen molar-refractivity contribution in [2.45, 2.75) is 19.6 Å². The van der Waals surface area contributed by atoms with Crippen LogP contribution in [0.2, 0.25) is 0 Å². The summed E-state index contributed by atoms with van der Waals surface area (Å²) in [5.41, 5.74) is 2.80. The molecule has 0 aliphatic heterocycles. The van der Waals surface area contributed by atoms with E-state index >= 15 is 0 Å². The number of aliphatic hydroxyl groups is 1. The number of amides is 1. The quantitative estimate of drug-likeness (QED) is 0.862. The van der Waals surface area contributed by atoms with E-state index < -0.39 is 6.10 Å². The Morgan fingerprint density at radius 3 is 2.71 bits per heavy atom. The Morgan fingerprint density at radius 2 is 2.05 bits per heavy atom. The highest BCUT2D eigenvalue weighted by Gasteiger charge is 2.15. The first-order chi connectivity index (χ1) is 10.1. The number of aryl methyl sites for hydroxylation is 1. The molecule has 1 atom stereocenters. The molecule has 1 heterocycles. The zero-order valence-corrected chi connectivity index (χ0v) is 12.9. The first kappa shape index (κ1) is 15.7. The summed E-state index contributed by atoms with van der Waals surface area (Å²) in [6.07, 6.45) is -0.708. The smallest absolute Gasteiger partial charge is 0.261 e. The number of carbonyl (C=O) groups excluding carboxylic acids is 1. The number of aliphatic hydroxyl groups excluding tert-OH is 1. The zero-order chi connectivity index (χ0) is 15.2. The molecule has 0 aliphatic rings. The van der Waals surface area contributed by atoms with Crippen molar-refractivity contribution >= 4 is 17.2 Å². The fraction of sp³-hybridized carbons (Fsp3) is 0.312. The predicted molar refractivity (Wildman–Crippen MR) is 83.5 cm³/mol. The summed E-state index contributed by atoms with van der Waals surface area (Å²) < 4.78 is 5.06. The minimum Gasteiger partial charge on any atom is -0.387 e. The highest BCUT2D eigenvalue weighted by atomic mass is 32.1. The van der Waals surface area contributed by atoms with Gasteiger partial charge >= 0.3 is 0 Å². The lowest BCUT2D eigenvalue weighted by Crippen LogP contribution is -2.28. The third kappa shape index (κ3) is 4.14. The number of rotatable bonds is 6. The summed E-state index contributed by atoms with van der Waals surface area (Å²) in [5, 5.41) is 14.7. The van der Waals surface area contributed by atoms with Crippen molar-refractivity contribution in [1.29, 1.82) is 0 Å². The van der Waals surface area contributed by atoms with Gasteiger partial charge in [-0.05, 0) is 23.9 Å². The van der Waals surface area contributed by atoms with Crippen LogP contribution >= 0.6 is 11.3 Å². The van der Waals surface area contributed by atoms with E-state index in [1.165, 1.54) is 11.3 Å². The van der Waals surface area contributed by atoms with Gasteiger partial charge in [-0.3, -0.25) is 4.79 Å². The molecule has 0 radical (unpaired) electrons. The van der Waals surface area contributed by atoms with Gasteiger partial charge in [0.2, 0.25) is 0 Å². The van der Waals surface area contributed by atoms with E-state index in [1.54, 1.807) is 7.11 Å². The number of hydrogen-bond acceptors (Lipinski definition) is 4. The van der Waals surface area contributed by atoms with Crippen LogP contribution in [0.5, 0.6) is 0 Å². The zero-order valence-electron chi connectivity index (χ0n) is 12.1. The number of nitrogens with one attached hydrogen (secondary N) is 1. The van der Waals surface area contributed by atoms with Gasteiger partial charge in [0.05, 0.1) is 17.6 Å². The molecule has 2 aromatic rings. The summed E-state index contributed by atoms with van der Waals surface area (Å²) in [6.45, 7) is 2.59. The summed E-state index contributed by atoms with van der Waals surface area (Å²) in [4.78, 5) is 12.8. The number of benzene rings is 1. The molecule has 1 unspecified atom stereocenters. The van der Waals surface area contributed by atoms with Crippen molar-refractivity contribution in [2.24, 2.45) is 0 Å². The maximum atomic E-state index is 12.1. The third-order valence-electron chi connectivity index (χ3n) is 3.17. The maximum absolute atomic E-state index is 12.1. The third-order valence-corrected chi connectivity index (χ3v) is 4.13. The van der Waals surface area contributed by atoms with E-state index in [9.17, 15) is 9.90 Å². The van der Waals surface area contributed by atoms with Crippen LogP contribution in [0.4, 0.5) is 0 Å². The molecule has 1 aromatic heterocycles. The average molecular weight is 305 g/mol. The molecular weight excluding hydrogens is 286 g/mol. The second-order valence-electron chi connectivity index (χ2n) is 4.84. The molecule has 2 N–H and O–H groups in total. The van der Waals surface area contributed by atoms with Gasteiger partial charge in [-0.15, -0.1) is 11.3 Å². The van der Waals surface area contributed by atoms with Gasteiger partial charge < -0.3 is 15.2 Å². The van der Waals surface area contributed by atoms with E-state index in [0.29, 0.717) is 11.5 Å². The minimum absolute atomic E-state index is 0.178. The van der Waals surface area contributed by atoms with Gasteiger partial charge in [-0.1, -0.05) is 29.8 Å². The Morgan fingerprint density at radius 1 is 1.33 bits per heavy atom. The van der Waals surface area contributed by atoms with Gasteiger partial charge in [0.15, 0.2) is 0 Å². The first-order valence-electron chi connectivity index (χ1n) is 6.70. The lowest BCUT2D eigenvalue weighted by molar-refractivity contribution is 0.0916. The van der Waals surface area contributed by atoms with Crippen LogP contribution in [0.15, 0.2) is 35.7 Å². The van der Waals surface area contributed by atoms with Crippen molar-refractivity contribution in [1.82, 2.24) is 5.32 Å². The first-order valence-corrected chi connectivity index (χ1v) is 7.58. The molecule has 0 saturated carbocycles. The molecule has 0 bridgehead atoms. The molecule has 112 valence electrons. The highest BCUT2D eigenvalue weighted by Crippen LogP contribution is 2.18. The van der Waals surface area contributed by atoms with Crippen LogP contribution in [-0.4, -0.2) is 24.7 Å². The Kier molecular flexibility index (Phi) is 5.50. The number of ether oxygens (including phenoxy) is 1. The van der Waals surface area contributed by atoms with Crippen molar-refractivity contribution in [3.8, 4) is 0 Å². The summed E-state index contributed by atoms with van der Waals surface area (Å²) in [6, 6.07) is 9.49. The van der Waals surface area contributed by atoms with E-state index in [0.717, 1.165) is 16.7 Å². The van der Waals surface area contributed by atoms with Gasteiger partial charge in [-0.25, -0.2) is 0 Å². The van der Waals surface area contributed by atoms with Gasteiger partial charge in [0, 0.05) is 19.2 Å². The van der Waals surface area contributed by atoms with E-state index in [-0.39, 0.29) is 12.5 Å². The number of thiophene rings is 1. The molecule has 1 amide bonds. The monoisotopic (exact) mass is 305 g/mol. The fourth-order valence-corrected chi connectivity index (χ4v) is 2.81. The SMILES string of the molecule is COCc1ccsc1C(=O)NCC(O)c1ccc(C)cc1. The fourth-order valence-electron chi connectivity index (χ4n) is 1.98. The van der Waals surface area contributed by atoms with Crippen LogP contribution in [0.25, 0.3) is 0 Å². The van der Waals surface area contributed by atoms with Gasteiger partial charge in [0.25, 0.3) is 5.91 Å². The van der Waals surface area contributed by atoms with Gasteiger partial charge in [-0.2, -0.15) is 0 Å². The van der Waals surface area contributed by atoms with Crippen LogP contribution in [0, 0.1) is 6.92 Å². The number of methoxy groups -OCH3 is 1. The molecule has 5 heteroatoms. The van der Waals surface area contributed by atoms with Crippen molar-refractivity contribution < 1.29 is 14.6 Å². The van der Waals surface area contributed by atoms with Crippen LogP contribution in [-0.2, 0) is 11.3 Å². The molecular formula is C16H19NO3S. The topological polar surface area (TPSA) is 58.6 Å². The minimum atomic E-state index is -0.708. The Hall–Kier alpha value is -1.69. The molecule has 21 heavy (non-hydrogen) atoms. The Bertz CT molecular complexity index is 592. The standard InChI is InChI=1S/C16H19NO3S/c1-11-3-5-12(6-4-11)14(18)9-17-16(19)15-13(10-20-2)7-8-21-15/h3-8,14,18H,9-10H2,1-2H3,(H,17,19). The molecule has 0 fully saturated rings.